The number of thiophene rings is 1. The Hall–Kier alpha value is -1.42. The summed E-state index contributed by atoms with van der Waals surface area (Å²) in [7, 11) is 0. The first kappa shape index (κ1) is 10.7. The summed E-state index contributed by atoms with van der Waals surface area (Å²) in [5.74, 6) is 1.17. The molecule has 3 aromatic heterocycles. The van der Waals surface area contributed by atoms with Crippen LogP contribution in [-0.2, 0) is 13.0 Å². The number of rotatable bonds is 3. The number of nitrogens with zero attached hydrogens (tertiary/aromatic N) is 3. The van der Waals surface area contributed by atoms with Crippen LogP contribution >= 0.6 is 11.3 Å². The Bertz CT molecular complexity index is 666. The summed E-state index contributed by atoms with van der Waals surface area (Å²) in [5, 5.41) is 2.10. The van der Waals surface area contributed by atoms with Crippen molar-refractivity contribution in [2.24, 2.45) is 0 Å². The summed E-state index contributed by atoms with van der Waals surface area (Å²) in [4.78, 5) is 9.14. The van der Waals surface area contributed by atoms with Crippen LogP contribution in [0.3, 0.4) is 0 Å². The SMILES string of the molecule is CCCn1c(CC)nc2cnc3ccsc3c21. The zero-order valence-corrected chi connectivity index (χ0v) is 10.9. The summed E-state index contributed by atoms with van der Waals surface area (Å²) in [5.41, 5.74) is 3.39. The lowest BCUT2D eigenvalue weighted by molar-refractivity contribution is 0.661. The first-order valence-corrected chi connectivity index (χ1v) is 6.94. The minimum atomic E-state index is 0.974. The maximum atomic E-state index is 4.69. The molecule has 0 saturated carbocycles. The van der Waals surface area contributed by atoms with E-state index in [1.54, 1.807) is 11.3 Å². The molecule has 0 saturated heterocycles. The number of fused-ring (bicyclic) bond motifs is 3. The summed E-state index contributed by atoms with van der Waals surface area (Å²) in [6, 6.07) is 2.08. The van der Waals surface area contributed by atoms with Crippen molar-refractivity contribution in [3.05, 3.63) is 23.5 Å². The summed E-state index contributed by atoms with van der Waals surface area (Å²) < 4.78 is 3.62. The molecule has 0 fully saturated rings. The van der Waals surface area contributed by atoms with E-state index in [-0.39, 0.29) is 0 Å². The second kappa shape index (κ2) is 4.11. The van der Waals surface area contributed by atoms with Crippen molar-refractivity contribution < 1.29 is 0 Å². The maximum Gasteiger partial charge on any atom is 0.109 e. The molecule has 0 aromatic carbocycles. The number of hydrogen-bond donors (Lipinski definition) is 0. The third kappa shape index (κ3) is 1.55. The van der Waals surface area contributed by atoms with Gasteiger partial charge in [0.15, 0.2) is 0 Å². The quantitative estimate of drug-likeness (QED) is 0.705. The second-order valence-corrected chi connectivity index (χ2v) is 5.08. The Morgan fingerprint density at radius 1 is 1.29 bits per heavy atom. The molecule has 0 spiro atoms. The van der Waals surface area contributed by atoms with Crippen LogP contribution in [0.1, 0.15) is 26.1 Å². The fourth-order valence-electron chi connectivity index (χ4n) is 2.30. The molecule has 0 aliphatic carbocycles. The number of aryl methyl sites for hydroxylation is 2. The second-order valence-electron chi connectivity index (χ2n) is 4.16. The molecule has 0 radical (unpaired) electrons. The molecule has 0 atom stereocenters. The van der Waals surface area contributed by atoms with Gasteiger partial charge in [-0.2, -0.15) is 0 Å². The topological polar surface area (TPSA) is 30.7 Å². The van der Waals surface area contributed by atoms with E-state index in [2.05, 4.69) is 39.8 Å². The average molecular weight is 245 g/mol. The van der Waals surface area contributed by atoms with Gasteiger partial charge in [0.2, 0.25) is 0 Å². The maximum absolute atomic E-state index is 4.69. The van der Waals surface area contributed by atoms with Crippen molar-refractivity contribution in [3.8, 4) is 0 Å². The highest BCUT2D eigenvalue weighted by molar-refractivity contribution is 7.18. The molecule has 17 heavy (non-hydrogen) atoms. The normalized spacial score (nSPS) is 11.6. The van der Waals surface area contributed by atoms with E-state index in [0.717, 1.165) is 30.4 Å². The Balaban J connectivity index is 2.41. The van der Waals surface area contributed by atoms with Crippen molar-refractivity contribution in [2.45, 2.75) is 33.2 Å². The molecule has 4 heteroatoms. The van der Waals surface area contributed by atoms with Gasteiger partial charge in [-0.25, -0.2) is 4.98 Å². The highest BCUT2D eigenvalue weighted by Crippen LogP contribution is 2.29. The molecule has 88 valence electrons. The highest BCUT2D eigenvalue weighted by Gasteiger charge is 2.13. The van der Waals surface area contributed by atoms with Crippen LogP contribution in [-0.4, -0.2) is 14.5 Å². The molecule has 3 nitrogen and oxygen atoms in total. The van der Waals surface area contributed by atoms with Crippen molar-refractivity contribution in [2.75, 3.05) is 0 Å². The van der Waals surface area contributed by atoms with Gasteiger partial charge in [-0.15, -0.1) is 11.3 Å². The largest absolute Gasteiger partial charge is 0.327 e. The Kier molecular flexibility index (Phi) is 2.59. The van der Waals surface area contributed by atoms with Crippen molar-refractivity contribution in [3.63, 3.8) is 0 Å². The monoisotopic (exact) mass is 245 g/mol. The molecule has 3 aromatic rings. The zero-order valence-electron chi connectivity index (χ0n) is 10.1. The third-order valence-corrected chi connectivity index (χ3v) is 3.93. The molecular formula is C13H15N3S. The smallest absolute Gasteiger partial charge is 0.109 e. The van der Waals surface area contributed by atoms with Gasteiger partial charge in [0.25, 0.3) is 0 Å². The summed E-state index contributed by atoms with van der Waals surface area (Å²) in [6.45, 7) is 5.40. The van der Waals surface area contributed by atoms with Gasteiger partial charge >= 0.3 is 0 Å². The zero-order chi connectivity index (χ0) is 11.8. The van der Waals surface area contributed by atoms with Gasteiger partial charge in [0.1, 0.15) is 11.3 Å². The van der Waals surface area contributed by atoms with Crippen LogP contribution in [0, 0.1) is 0 Å². The number of hydrogen-bond acceptors (Lipinski definition) is 3. The van der Waals surface area contributed by atoms with Crippen molar-refractivity contribution in [1.29, 1.82) is 0 Å². The van der Waals surface area contributed by atoms with E-state index < -0.39 is 0 Å². The van der Waals surface area contributed by atoms with E-state index in [1.165, 1.54) is 16.0 Å². The van der Waals surface area contributed by atoms with Crippen LogP contribution in [0.25, 0.3) is 21.3 Å². The fourth-order valence-corrected chi connectivity index (χ4v) is 3.20. The summed E-state index contributed by atoms with van der Waals surface area (Å²) in [6.07, 6.45) is 4.00. The van der Waals surface area contributed by atoms with Crippen LogP contribution < -0.4 is 0 Å². The van der Waals surface area contributed by atoms with Gasteiger partial charge in [-0.05, 0) is 17.9 Å². The van der Waals surface area contributed by atoms with Crippen LogP contribution in [0.4, 0.5) is 0 Å². The van der Waals surface area contributed by atoms with E-state index in [0.29, 0.717) is 0 Å². The minimum absolute atomic E-state index is 0.974. The lowest BCUT2D eigenvalue weighted by Crippen LogP contribution is -2.02. The molecule has 0 amide bonds. The lowest BCUT2D eigenvalue weighted by Gasteiger charge is -2.06. The van der Waals surface area contributed by atoms with Gasteiger partial charge in [0.05, 0.1) is 21.9 Å². The van der Waals surface area contributed by atoms with Crippen LogP contribution in [0.2, 0.25) is 0 Å². The molecule has 3 heterocycles. The molecule has 0 unspecified atom stereocenters. The van der Waals surface area contributed by atoms with E-state index in [9.17, 15) is 0 Å². The van der Waals surface area contributed by atoms with E-state index >= 15 is 0 Å². The van der Waals surface area contributed by atoms with Crippen LogP contribution in [0.5, 0.6) is 0 Å². The molecule has 3 rings (SSSR count). The van der Waals surface area contributed by atoms with Gasteiger partial charge in [-0.3, -0.25) is 4.98 Å². The number of aromatic nitrogens is 3. The molecule has 0 aliphatic rings. The van der Waals surface area contributed by atoms with Gasteiger partial charge < -0.3 is 4.57 Å². The third-order valence-electron chi connectivity index (χ3n) is 3.02. The highest BCUT2D eigenvalue weighted by atomic mass is 32.1. The Morgan fingerprint density at radius 3 is 2.94 bits per heavy atom. The van der Waals surface area contributed by atoms with Gasteiger partial charge in [0, 0.05) is 13.0 Å². The Morgan fingerprint density at radius 2 is 2.18 bits per heavy atom. The van der Waals surface area contributed by atoms with Crippen LogP contribution in [0.15, 0.2) is 17.6 Å². The minimum Gasteiger partial charge on any atom is -0.327 e. The van der Waals surface area contributed by atoms with Gasteiger partial charge in [-0.1, -0.05) is 13.8 Å². The standard InChI is InChI=1S/C13H15N3S/c1-3-6-16-11(4-2)15-10-8-14-9-5-7-17-13(9)12(10)16/h5,7-8H,3-4,6H2,1-2H3. The average Bonchev–Trinajstić information content (AvgIpc) is 2.92. The number of imidazole rings is 1. The molecular weight excluding hydrogens is 230 g/mol. The molecule has 0 bridgehead atoms. The number of pyridine rings is 1. The van der Waals surface area contributed by atoms with Crippen molar-refractivity contribution >= 4 is 32.6 Å². The summed E-state index contributed by atoms with van der Waals surface area (Å²) >= 11 is 1.76. The fraction of sp³-hybridized carbons (Fsp3) is 0.385. The van der Waals surface area contributed by atoms with Crippen molar-refractivity contribution in [1.82, 2.24) is 14.5 Å². The molecule has 0 N–H and O–H groups in total. The first-order chi connectivity index (χ1) is 8.35. The Labute approximate surface area is 104 Å². The van der Waals surface area contributed by atoms with E-state index in [4.69, 9.17) is 0 Å². The van der Waals surface area contributed by atoms with E-state index in [1.807, 2.05) is 6.20 Å². The molecule has 0 aliphatic heterocycles. The predicted octanol–water partition coefficient (Wildman–Crippen LogP) is 3.62. The lowest BCUT2D eigenvalue weighted by atomic mass is 10.3. The first-order valence-electron chi connectivity index (χ1n) is 6.06. The predicted molar refractivity (Wildman–Crippen MR) is 72.6 cm³/mol.